The maximum Gasteiger partial charge on any atom is 0.167 e. The van der Waals surface area contributed by atoms with Gasteiger partial charge in [0.25, 0.3) is 0 Å². The summed E-state index contributed by atoms with van der Waals surface area (Å²) < 4.78 is 27.7. The fraction of sp³-hybridized carbons (Fsp3) is 0.333. The zero-order chi connectivity index (χ0) is 25.8. The van der Waals surface area contributed by atoms with Gasteiger partial charge < -0.3 is 30.5 Å². The summed E-state index contributed by atoms with van der Waals surface area (Å²) in [6.45, 7) is 3.11. The Bertz CT molecular complexity index is 1350. The number of nitrogens with two attached hydrogens (primary N) is 1. The Morgan fingerprint density at radius 2 is 1.89 bits per heavy atom. The molecule has 3 heterocycles. The number of rotatable bonds is 9. The number of likely N-dealkylation sites (tertiary alicyclic amines) is 1. The summed E-state index contributed by atoms with van der Waals surface area (Å²) >= 11 is 0. The Labute approximate surface area is 214 Å². The van der Waals surface area contributed by atoms with Gasteiger partial charge in [0.15, 0.2) is 23.0 Å². The van der Waals surface area contributed by atoms with E-state index in [4.69, 9.17) is 20.3 Å². The van der Waals surface area contributed by atoms with Crippen LogP contribution < -0.4 is 20.5 Å². The predicted molar refractivity (Wildman–Crippen MR) is 141 cm³/mol. The van der Waals surface area contributed by atoms with Crippen molar-refractivity contribution in [2.75, 3.05) is 44.4 Å². The lowest BCUT2D eigenvalue weighted by Gasteiger charge is -2.31. The van der Waals surface area contributed by atoms with Gasteiger partial charge in [0, 0.05) is 49.7 Å². The van der Waals surface area contributed by atoms with E-state index in [9.17, 15) is 9.50 Å². The molecule has 1 fully saturated rings. The molecule has 1 aliphatic rings. The van der Waals surface area contributed by atoms with Crippen LogP contribution in [0.4, 0.5) is 15.9 Å². The van der Waals surface area contributed by atoms with Gasteiger partial charge in [0.2, 0.25) is 0 Å². The number of anilines is 2. The van der Waals surface area contributed by atoms with Crippen LogP contribution in [0, 0.1) is 5.82 Å². The van der Waals surface area contributed by atoms with Crippen LogP contribution in [0.2, 0.25) is 0 Å². The molecule has 1 saturated heterocycles. The first-order valence-electron chi connectivity index (χ1n) is 12.3. The van der Waals surface area contributed by atoms with Crippen molar-refractivity contribution in [2.45, 2.75) is 25.4 Å². The number of piperidine rings is 1. The number of aliphatic hydroxyl groups excluding tert-OH is 1. The van der Waals surface area contributed by atoms with Crippen LogP contribution in [-0.2, 0) is 6.54 Å². The quantitative estimate of drug-likeness (QED) is 0.294. The zero-order valence-electron chi connectivity index (χ0n) is 20.7. The van der Waals surface area contributed by atoms with Crippen molar-refractivity contribution in [1.29, 1.82) is 0 Å². The number of fused-ring (bicyclic) bond motifs is 1. The molecule has 0 bridgehead atoms. The van der Waals surface area contributed by atoms with Crippen LogP contribution in [0.3, 0.4) is 0 Å². The highest BCUT2D eigenvalue weighted by Gasteiger charge is 2.23. The van der Waals surface area contributed by atoms with Gasteiger partial charge >= 0.3 is 0 Å². The molecule has 0 spiro atoms. The highest BCUT2D eigenvalue weighted by atomic mass is 19.1. The molecule has 0 unspecified atom stereocenters. The minimum Gasteiger partial charge on any atom is -0.497 e. The lowest BCUT2D eigenvalue weighted by Crippen LogP contribution is -2.40. The zero-order valence-corrected chi connectivity index (χ0v) is 20.7. The fourth-order valence-electron chi connectivity index (χ4n) is 4.62. The highest BCUT2D eigenvalue weighted by molar-refractivity contribution is 5.93. The molecular weight excluding hydrogens is 475 g/mol. The number of nitrogens with one attached hydrogen (secondary N) is 1. The molecule has 0 radical (unpaired) electrons. The third-order valence-corrected chi connectivity index (χ3v) is 6.61. The summed E-state index contributed by atoms with van der Waals surface area (Å²) in [5, 5.41) is 18.4. The van der Waals surface area contributed by atoms with Crippen LogP contribution >= 0.6 is 0 Å². The first-order valence-corrected chi connectivity index (χ1v) is 12.3. The number of hydrogen-bond acceptors (Lipinski definition) is 8. The standard InChI is InChI=1S/C27H31FN6O3/c1-36-21-5-2-18(3-6-21)17-34-27-25(26(32-34)31-20-9-12-33(13-10-20)14-15-35)24(8-11-30-27)37-23-7-4-19(29)16-22(23)28/h2-8,11,16,20,35H,9-10,12-15,17,29H2,1H3,(H,31,32). The van der Waals surface area contributed by atoms with E-state index in [0.717, 1.165) is 37.2 Å². The molecule has 4 N–H and O–H groups in total. The second kappa shape index (κ2) is 11.0. The Morgan fingerprint density at radius 1 is 1.11 bits per heavy atom. The molecule has 4 aromatic rings. The molecule has 10 heteroatoms. The van der Waals surface area contributed by atoms with Crippen LogP contribution in [0.1, 0.15) is 18.4 Å². The predicted octanol–water partition coefficient (Wildman–Crippen LogP) is 3.87. The number of nitrogen functional groups attached to an aromatic ring is 1. The first-order chi connectivity index (χ1) is 18.0. The van der Waals surface area contributed by atoms with Crippen molar-refractivity contribution in [2.24, 2.45) is 0 Å². The average molecular weight is 507 g/mol. The molecule has 9 nitrogen and oxygen atoms in total. The van der Waals surface area contributed by atoms with Crippen molar-refractivity contribution in [3.05, 3.63) is 66.1 Å². The van der Waals surface area contributed by atoms with Gasteiger partial charge in [0.1, 0.15) is 16.9 Å². The topological polar surface area (TPSA) is 111 Å². The summed E-state index contributed by atoms with van der Waals surface area (Å²) in [5.41, 5.74) is 7.70. The van der Waals surface area contributed by atoms with Gasteiger partial charge in [-0.2, -0.15) is 5.10 Å². The number of aromatic nitrogens is 3. The van der Waals surface area contributed by atoms with Crippen LogP contribution in [0.15, 0.2) is 54.7 Å². The molecule has 0 aliphatic carbocycles. The number of pyridine rings is 1. The minimum absolute atomic E-state index is 0.0767. The Kier molecular flexibility index (Phi) is 7.38. The van der Waals surface area contributed by atoms with Crippen molar-refractivity contribution in [1.82, 2.24) is 19.7 Å². The molecule has 1 aliphatic heterocycles. The van der Waals surface area contributed by atoms with Gasteiger partial charge in [0.05, 0.1) is 20.3 Å². The Balaban J connectivity index is 1.49. The highest BCUT2D eigenvalue weighted by Crippen LogP contribution is 2.36. The molecule has 2 aromatic carbocycles. The third kappa shape index (κ3) is 5.60. The summed E-state index contributed by atoms with van der Waals surface area (Å²) in [4.78, 5) is 6.85. The number of aliphatic hydroxyl groups is 1. The molecule has 0 atom stereocenters. The lowest BCUT2D eigenvalue weighted by atomic mass is 10.0. The fourth-order valence-corrected chi connectivity index (χ4v) is 4.62. The molecular formula is C27H31FN6O3. The lowest BCUT2D eigenvalue weighted by molar-refractivity contribution is 0.168. The second-order valence-corrected chi connectivity index (χ2v) is 9.14. The minimum atomic E-state index is -0.540. The second-order valence-electron chi connectivity index (χ2n) is 9.14. The van der Waals surface area contributed by atoms with Gasteiger partial charge in [-0.1, -0.05) is 12.1 Å². The molecule has 0 amide bonds. The van der Waals surface area contributed by atoms with Crippen molar-refractivity contribution in [3.8, 4) is 17.2 Å². The van der Waals surface area contributed by atoms with E-state index >= 15 is 0 Å². The normalized spacial score (nSPS) is 14.7. The Morgan fingerprint density at radius 3 is 2.59 bits per heavy atom. The number of β-amino-alcohol motifs (C(OH)–C–C–N with tert-alkyl or cyclic N) is 1. The Hall–Kier alpha value is -3.89. The van der Waals surface area contributed by atoms with Crippen molar-refractivity contribution >= 4 is 22.5 Å². The number of benzene rings is 2. The van der Waals surface area contributed by atoms with E-state index in [-0.39, 0.29) is 18.4 Å². The van der Waals surface area contributed by atoms with E-state index < -0.39 is 5.82 Å². The number of hydrogen-bond donors (Lipinski definition) is 3. The van der Waals surface area contributed by atoms with E-state index in [2.05, 4.69) is 15.2 Å². The van der Waals surface area contributed by atoms with Crippen molar-refractivity contribution < 1.29 is 19.0 Å². The first kappa shape index (κ1) is 24.8. The average Bonchev–Trinajstić information content (AvgIpc) is 3.25. The monoisotopic (exact) mass is 506 g/mol. The van der Waals surface area contributed by atoms with E-state index in [1.807, 2.05) is 28.9 Å². The third-order valence-electron chi connectivity index (χ3n) is 6.61. The van der Waals surface area contributed by atoms with E-state index in [1.165, 1.54) is 12.1 Å². The number of ether oxygens (including phenoxy) is 2. The largest absolute Gasteiger partial charge is 0.497 e. The summed E-state index contributed by atoms with van der Waals surface area (Å²) in [5.74, 6) is 1.41. The van der Waals surface area contributed by atoms with E-state index in [1.54, 1.807) is 25.4 Å². The van der Waals surface area contributed by atoms with Gasteiger partial charge in [-0.3, -0.25) is 0 Å². The van der Waals surface area contributed by atoms with Crippen LogP contribution in [-0.4, -0.2) is 64.2 Å². The summed E-state index contributed by atoms with van der Waals surface area (Å²) in [6, 6.07) is 14.1. The van der Waals surface area contributed by atoms with Gasteiger partial charge in [-0.25, -0.2) is 14.1 Å². The SMILES string of the molecule is COc1ccc(Cn2nc(NC3CCN(CCO)CC3)c3c(Oc4ccc(N)cc4F)ccnc32)cc1. The van der Waals surface area contributed by atoms with Gasteiger partial charge in [-0.15, -0.1) is 0 Å². The molecule has 2 aromatic heterocycles. The van der Waals surface area contributed by atoms with Crippen LogP contribution in [0.25, 0.3) is 11.0 Å². The van der Waals surface area contributed by atoms with E-state index in [0.29, 0.717) is 41.4 Å². The van der Waals surface area contributed by atoms with Crippen molar-refractivity contribution in [3.63, 3.8) is 0 Å². The summed E-state index contributed by atoms with van der Waals surface area (Å²) in [6.07, 6.45) is 3.46. The van der Waals surface area contributed by atoms with Gasteiger partial charge in [-0.05, 0) is 42.7 Å². The molecule has 5 rings (SSSR count). The molecule has 37 heavy (non-hydrogen) atoms. The maximum absolute atomic E-state index is 14.6. The van der Waals surface area contributed by atoms with Crippen LogP contribution in [0.5, 0.6) is 17.2 Å². The maximum atomic E-state index is 14.6. The smallest absolute Gasteiger partial charge is 0.167 e. The number of methoxy groups -OCH3 is 1. The molecule has 0 saturated carbocycles. The number of nitrogens with zero attached hydrogens (tertiary/aromatic N) is 4. The summed E-state index contributed by atoms with van der Waals surface area (Å²) in [7, 11) is 1.64. The number of halogens is 1. The molecule has 194 valence electrons.